The minimum absolute atomic E-state index is 0.0168. The average molecular weight is 313 g/mol. The molecule has 3 aromatic rings. The Labute approximate surface area is 131 Å². The smallest absolute Gasteiger partial charge is 0.298 e. The highest BCUT2D eigenvalue weighted by Gasteiger charge is 2.12. The summed E-state index contributed by atoms with van der Waals surface area (Å²) in [6.45, 7) is 3.47. The number of aromatic amines is 1. The van der Waals surface area contributed by atoms with Gasteiger partial charge in [-0.3, -0.25) is 14.3 Å². The molecule has 0 aliphatic heterocycles. The lowest BCUT2D eigenvalue weighted by Crippen LogP contribution is -2.21. The molecule has 0 saturated heterocycles. The first-order valence-corrected chi connectivity index (χ1v) is 7.36. The van der Waals surface area contributed by atoms with E-state index < -0.39 is 0 Å². The minimum Gasteiger partial charge on any atom is -0.298 e. The second-order valence-corrected chi connectivity index (χ2v) is 5.46. The number of Topliss-reactive ketones (excluding diaryl/α,β-unsaturated/α-hetero) is 1. The fraction of sp³-hybridized carbons (Fsp3) is 0.235. The van der Waals surface area contributed by atoms with E-state index in [1.807, 2.05) is 0 Å². The topological polar surface area (TPSA) is 67.8 Å². The Morgan fingerprint density at radius 2 is 2.09 bits per heavy atom. The van der Waals surface area contributed by atoms with Crippen molar-refractivity contribution < 1.29 is 9.18 Å². The highest BCUT2D eigenvalue weighted by atomic mass is 19.1. The predicted octanol–water partition coefficient (Wildman–Crippen LogP) is 2.82. The molecule has 2 heterocycles. The van der Waals surface area contributed by atoms with E-state index in [0.717, 1.165) is 11.1 Å². The number of ketones is 1. The summed E-state index contributed by atoms with van der Waals surface area (Å²) in [5, 5.41) is 0. The number of fused-ring (bicyclic) bond motifs is 1. The van der Waals surface area contributed by atoms with E-state index >= 15 is 0 Å². The molecule has 0 fully saturated rings. The summed E-state index contributed by atoms with van der Waals surface area (Å²) in [5.74, 6) is -0.300. The molecule has 0 bridgehead atoms. The molecule has 0 aliphatic rings. The van der Waals surface area contributed by atoms with Crippen LogP contribution in [0.5, 0.6) is 0 Å². The summed E-state index contributed by atoms with van der Waals surface area (Å²) in [6.07, 6.45) is 1.99. The summed E-state index contributed by atoms with van der Waals surface area (Å²) in [5.41, 5.74) is 2.74. The standard InChI is InChI=1S/C17H16FN3O2/c1-3-13(22)9-21-15-7-12(8-19-16(15)20-17(21)23)11-4-5-14(18)10(2)6-11/h4-8H,3,9H2,1-2H3,(H,19,20,23). The molecule has 0 saturated carbocycles. The van der Waals surface area contributed by atoms with E-state index in [2.05, 4.69) is 9.97 Å². The maximum Gasteiger partial charge on any atom is 0.328 e. The average Bonchev–Trinajstić information content (AvgIpc) is 2.85. The van der Waals surface area contributed by atoms with Gasteiger partial charge in [-0.15, -0.1) is 0 Å². The van der Waals surface area contributed by atoms with Gasteiger partial charge < -0.3 is 0 Å². The van der Waals surface area contributed by atoms with Crippen LogP contribution in [0.1, 0.15) is 18.9 Å². The van der Waals surface area contributed by atoms with Crippen LogP contribution in [0, 0.1) is 12.7 Å². The zero-order valence-corrected chi connectivity index (χ0v) is 12.9. The lowest BCUT2D eigenvalue weighted by Gasteiger charge is -2.05. The monoisotopic (exact) mass is 313 g/mol. The summed E-state index contributed by atoms with van der Waals surface area (Å²) < 4.78 is 14.8. The number of halogens is 1. The number of H-pyrrole nitrogens is 1. The number of carbonyl (C=O) groups excluding carboxylic acids is 1. The first kappa shape index (κ1) is 15.1. The van der Waals surface area contributed by atoms with E-state index in [1.165, 1.54) is 10.6 Å². The zero-order chi connectivity index (χ0) is 16.6. The number of pyridine rings is 1. The van der Waals surface area contributed by atoms with Crippen molar-refractivity contribution in [3.8, 4) is 11.1 Å². The van der Waals surface area contributed by atoms with Crippen LogP contribution in [0.3, 0.4) is 0 Å². The lowest BCUT2D eigenvalue weighted by atomic mass is 10.0. The Morgan fingerprint density at radius 1 is 1.30 bits per heavy atom. The van der Waals surface area contributed by atoms with E-state index in [-0.39, 0.29) is 23.8 Å². The molecule has 0 unspecified atom stereocenters. The van der Waals surface area contributed by atoms with Crippen LogP contribution in [0.2, 0.25) is 0 Å². The molecule has 118 valence electrons. The molecule has 5 nitrogen and oxygen atoms in total. The molecule has 1 aromatic carbocycles. The number of carbonyl (C=O) groups is 1. The minimum atomic E-state index is -0.360. The van der Waals surface area contributed by atoms with Crippen molar-refractivity contribution >= 4 is 16.9 Å². The van der Waals surface area contributed by atoms with Gasteiger partial charge in [0.1, 0.15) is 5.82 Å². The second kappa shape index (κ2) is 5.79. The molecule has 0 atom stereocenters. The summed E-state index contributed by atoms with van der Waals surface area (Å²) in [6, 6.07) is 6.58. The van der Waals surface area contributed by atoms with Gasteiger partial charge in [0.05, 0.1) is 12.1 Å². The molecular weight excluding hydrogens is 297 g/mol. The lowest BCUT2D eigenvalue weighted by molar-refractivity contribution is -0.119. The van der Waals surface area contributed by atoms with Crippen LogP contribution in [-0.2, 0) is 11.3 Å². The van der Waals surface area contributed by atoms with Gasteiger partial charge in [0.2, 0.25) is 0 Å². The van der Waals surface area contributed by atoms with Crippen LogP contribution in [-0.4, -0.2) is 20.3 Å². The van der Waals surface area contributed by atoms with Crippen molar-refractivity contribution in [2.45, 2.75) is 26.8 Å². The molecule has 3 rings (SSSR count). The van der Waals surface area contributed by atoms with E-state index in [1.54, 1.807) is 38.2 Å². The number of aryl methyl sites for hydroxylation is 1. The largest absolute Gasteiger partial charge is 0.328 e. The van der Waals surface area contributed by atoms with Crippen LogP contribution in [0.25, 0.3) is 22.3 Å². The molecule has 0 amide bonds. The van der Waals surface area contributed by atoms with Gasteiger partial charge in [0.25, 0.3) is 0 Å². The molecule has 0 aliphatic carbocycles. The Balaban J connectivity index is 2.13. The molecule has 0 spiro atoms. The molecule has 2 aromatic heterocycles. The quantitative estimate of drug-likeness (QED) is 0.805. The Bertz CT molecular complexity index is 956. The first-order valence-electron chi connectivity index (χ1n) is 7.36. The normalized spacial score (nSPS) is 11.1. The fourth-order valence-corrected chi connectivity index (χ4v) is 2.46. The summed E-state index contributed by atoms with van der Waals surface area (Å²) >= 11 is 0. The van der Waals surface area contributed by atoms with Crippen molar-refractivity contribution in [1.29, 1.82) is 0 Å². The van der Waals surface area contributed by atoms with Crippen molar-refractivity contribution in [2.75, 3.05) is 0 Å². The molecular formula is C17H16FN3O2. The Morgan fingerprint density at radius 3 is 2.78 bits per heavy atom. The second-order valence-electron chi connectivity index (χ2n) is 5.46. The van der Waals surface area contributed by atoms with E-state index in [0.29, 0.717) is 23.1 Å². The highest BCUT2D eigenvalue weighted by molar-refractivity contribution is 5.82. The molecule has 1 N–H and O–H groups in total. The maximum absolute atomic E-state index is 13.4. The number of rotatable bonds is 4. The third-order valence-electron chi connectivity index (χ3n) is 3.85. The first-order chi connectivity index (χ1) is 11.0. The fourth-order valence-electron chi connectivity index (χ4n) is 2.46. The predicted molar refractivity (Wildman–Crippen MR) is 85.8 cm³/mol. The number of hydrogen-bond acceptors (Lipinski definition) is 3. The van der Waals surface area contributed by atoms with Crippen molar-refractivity contribution in [3.05, 3.63) is 52.3 Å². The van der Waals surface area contributed by atoms with Crippen LogP contribution in [0.15, 0.2) is 35.3 Å². The zero-order valence-electron chi connectivity index (χ0n) is 12.9. The number of aromatic nitrogens is 3. The number of nitrogens with one attached hydrogen (secondary N) is 1. The number of nitrogens with zero attached hydrogens (tertiary/aromatic N) is 2. The van der Waals surface area contributed by atoms with Crippen molar-refractivity contribution in [2.24, 2.45) is 0 Å². The highest BCUT2D eigenvalue weighted by Crippen LogP contribution is 2.23. The maximum atomic E-state index is 13.4. The third kappa shape index (κ3) is 2.79. The molecule has 6 heteroatoms. The van der Waals surface area contributed by atoms with Gasteiger partial charge in [-0.25, -0.2) is 14.2 Å². The van der Waals surface area contributed by atoms with Crippen LogP contribution in [0.4, 0.5) is 4.39 Å². The molecule has 23 heavy (non-hydrogen) atoms. The van der Waals surface area contributed by atoms with Crippen molar-refractivity contribution in [1.82, 2.24) is 14.5 Å². The van der Waals surface area contributed by atoms with Crippen LogP contribution < -0.4 is 5.69 Å². The number of hydrogen-bond donors (Lipinski definition) is 1. The van der Waals surface area contributed by atoms with E-state index in [4.69, 9.17) is 0 Å². The number of imidazole rings is 1. The SMILES string of the molecule is CCC(=O)Cn1c(=O)[nH]c2ncc(-c3ccc(F)c(C)c3)cc21. The summed E-state index contributed by atoms with van der Waals surface area (Å²) in [4.78, 5) is 30.6. The van der Waals surface area contributed by atoms with E-state index in [9.17, 15) is 14.0 Å². The van der Waals surface area contributed by atoms with Gasteiger partial charge in [-0.05, 0) is 36.2 Å². The van der Waals surface area contributed by atoms with Gasteiger partial charge >= 0.3 is 5.69 Å². The third-order valence-corrected chi connectivity index (χ3v) is 3.85. The Hall–Kier alpha value is -2.76. The Kier molecular flexibility index (Phi) is 3.82. The number of benzene rings is 1. The van der Waals surface area contributed by atoms with Gasteiger partial charge in [0, 0.05) is 18.2 Å². The van der Waals surface area contributed by atoms with Gasteiger partial charge in [0.15, 0.2) is 11.4 Å². The van der Waals surface area contributed by atoms with Crippen LogP contribution >= 0.6 is 0 Å². The summed E-state index contributed by atoms with van der Waals surface area (Å²) in [7, 11) is 0. The van der Waals surface area contributed by atoms with Gasteiger partial charge in [-0.2, -0.15) is 0 Å². The van der Waals surface area contributed by atoms with Crippen molar-refractivity contribution in [3.63, 3.8) is 0 Å². The molecule has 0 radical (unpaired) electrons. The van der Waals surface area contributed by atoms with Gasteiger partial charge in [-0.1, -0.05) is 13.0 Å².